The Balaban J connectivity index is 2.80. The van der Waals surface area contributed by atoms with Crippen LogP contribution in [-0.4, -0.2) is 7.05 Å². The summed E-state index contributed by atoms with van der Waals surface area (Å²) in [6.45, 7) is 4.93. The van der Waals surface area contributed by atoms with Gasteiger partial charge in [0.05, 0.1) is 16.6 Å². The molecule has 0 saturated heterocycles. The summed E-state index contributed by atoms with van der Waals surface area (Å²) in [6, 6.07) is 3.58. The van der Waals surface area contributed by atoms with E-state index >= 15 is 0 Å². The van der Waals surface area contributed by atoms with Gasteiger partial charge in [0.25, 0.3) is 0 Å². The van der Waals surface area contributed by atoms with Gasteiger partial charge in [0.2, 0.25) is 0 Å². The van der Waals surface area contributed by atoms with Gasteiger partial charge in [-0.15, -0.1) is 0 Å². The summed E-state index contributed by atoms with van der Waals surface area (Å²) in [4.78, 5) is 0. The number of benzene rings is 1. The van der Waals surface area contributed by atoms with Crippen LogP contribution in [-0.2, 0) is 6.54 Å². The largest absolute Gasteiger partial charge is 0.458 e. The van der Waals surface area contributed by atoms with E-state index in [1.807, 2.05) is 13.1 Å². The first-order chi connectivity index (χ1) is 8.06. The van der Waals surface area contributed by atoms with Crippen molar-refractivity contribution in [3.8, 4) is 0 Å². The average molecular weight is 272 g/mol. The molecule has 1 aromatic carbocycles. The Morgan fingerprint density at radius 2 is 1.88 bits per heavy atom. The molecule has 1 heterocycles. The highest BCUT2D eigenvalue weighted by Crippen LogP contribution is 2.39. The van der Waals surface area contributed by atoms with Crippen LogP contribution in [0.25, 0.3) is 11.0 Å². The zero-order chi connectivity index (χ0) is 12.6. The van der Waals surface area contributed by atoms with Crippen LogP contribution in [0.1, 0.15) is 31.1 Å². The molecule has 1 N–H and O–H groups in total. The molecule has 0 atom stereocenters. The predicted molar refractivity (Wildman–Crippen MR) is 73.1 cm³/mol. The summed E-state index contributed by atoms with van der Waals surface area (Å²) in [5.41, 5.74) is 1.83. The first-order valence-electron chi connectivity index (χ1n) is 5.60. The number of rotatable bonds is 3. The predicted octanol–water partition coefficient (Wildman–Crippen LogP) is 4.58. The standard InChI is InChI=1S/C13H15Cl2NO/c1-7(2)11-10(6-16-3)17-13-9(15)5-4-8(14)12(11)13/h4-5,7,16H,6H2,1-3H3. The van der Waals surface area contributed by atoms with Crippen LogP contribution >= 0.6 is 23.2 Å². The summed E-state index contributed by atoms with van der Waals surface area (Å²) in [6.07, 6.45) is 0. The fourth-order valence-corrected chi connectivity index (χ4v) is 2.55. The van der Waals surface area contributed by atoms with Gasteiger partial charge in [0.1, 0.15) is 5.76 Å². The van der Waals surface area contributed by atoms with Crippen molar-refractivity contribution in [3.63, 3.8) is 0 Å². The molecule has 92 valence electrons. The lowest BCUT2D eigenvalue weighted by molar-refractivity contribution is 0.520. The molecule has 0 radical (unpaired) electrons. The van der Waals surface area contributed by atoms with Gasteiger partial charge in [-0.2, -0.15) is 0 Å². The quantitative estimate of drug-likeness (QED) is 0.884. The molecule has 2 rings (SSSR count). The van der Waals surface area contributed by atoms with Gasteiger partial charge >= 0.3 is 0 Å². The lowest BCUT2D eigenvalue weighted by Crippen LogP contribution is -2.06. The van der Waals surface area contributed by atoms with Crippen molar-refractivity contribution < 1.29 is 4.42 Å². The van der Waals surface area contributed by atoms with Crippen molar-refractivity contribution >= 4 is 34.2 Å². The van der Waals surface area contributed by atoms with Crippen LogP contribution in [0.2, 0.25) is 10.0 Å². The molecule has 0 saturated carbocycles. The molecular weight excluding hydrogens is 257 g/mol. The minimum atomic E-state index is 0.343. The molecule has 0 aliphatic heterocycles. The number of nitrogens with one attached hydrogen (secondary N) is 1. The Morgan fingerprint density at radius 1 is 1.24 bits per heavy atom. The molecule has 2 nitrogen and oxygen atoms in total. The minimum Gasteiger partial charge on any atom is -0.458 e. The molecule has 0 amide bonds. The summed E-state index contributed by atoms with van der Waals surface area (Å²) >= 11 is 12.4. The van der Waals surface area contributed by atoms with Gasteiger partial charge in [-0.05, 0) is 25.1 Å². The monoisotopic (exact) mass is 271 g/mol. The Kier molecular flexibility index (Phi) is 3.67. The Labute approximate surface area is 111 Å². The van der Waals surface area contributed by atoms with Crippen LogP contribution in [0.4, 0.5) is 0 Å². The van der Waals surface area contributed by atoms with Crippen LogP contribution in [0, 0.1) is 0 Å². The molecule has 0 aliphatic carbocycles. The second kappa shape index (κ2) is 4.89. The zero-order valence-corrected chi connectivity index (χ0v) is 11.6. The highest BCUT2D eigenvalue weighted by molar-refractivity contribution is 6.40. The highest BCUT2D eigenvalue weighted by Gasteiger charge is 2.20. The second-order valence-corrected chi connectivity index (χ2v) is 5.17. The van der Waals surface area contributed by atoms with E-state index in [0.717, 1.165) is 16.7 Å². The third-order valence-electron chi connectivity index (χ3n) is 2.77. The van der Waals surface area contributed by atoms with E-state index < -0.39 is 0 Å². The van der Waals surface area contributed by atoms with Gasteiger partial charge in [-0.1, -0.05) is 37.0 Å². The molecule has 0 spiro atoms. The van der Waals surface area contributed by atoms with Gasteiger partial charge in [0.15, 0.2) is 5.58 Å². The highest BCUT2D eigenvalue weighted by atomic mass is 35.5. The fourth-order valence-electron chi connectivity index (χ4n) is 2.10. The average Bonchev–Trinajstić information content (AvgIpc) is 2.64. The zero-order valence-electron chi connectivity index (χ0n) is 10.1. The van der Waals surface area contributed by atoms with Crippen molar-refractivity contribution in [2.75, 3.05) is 7.05 Å². The molecule has 0 bridgehead atoms. The van der Waals surface area contributed by atoms with Crippen molar-refractivity contribution in [2.24, 2.45) is 0 Å². The number of hydrogen-bond acceptors (Lipinski definition) is 2. The van der Waals surface area contributed by atoms with Crippen LogP contribution in [0.3, 0.4) is 0 Å². The Morgan fingerprint density at radius 3 is 2.47 bits per heavy atom. The van der Waals surface area contributed by atoms with E-state index in [0.29, 0.717) is 28.1 Å². The maximum Gasteiger partial charge on any atom is 0.154 e. The van der Waals surface area contributed by atoms with E-state index in [1.165, 1.54) is 0 Å². The number of fused-ring (bicyclic) bond motifs is 1. The number of furan rings is 1. The topological polar surface area (TPSA) is 25.2 Å². The number of halogens is 2. The molecule has 0 fully saturated rings. The molecule has 4 heteroatoms. The summed E-state index contributed by atoms with van der Waals surface area (Å²) in [7, 11) is 1.89. The Hall–Kier alpha value is -0.700. The molecule has 0 unspecified atom stereocenters. The molecular formula is C13H15Cl2NO. The maximum atomic E-state index is 6.25. The second-order valence-electron chi connectivity index (χ2n) is 4.36. The van der Waals surface area contributed by atoms with Crippen LogP contribution in [0.15, 0.2) is 16.5 Å². The summed E-state index contributed by atoms with van der Waals surface area (Å²) in [5.74, 6) is 1.25. The fraction of sp³-hybridized carbons (Fsp3) is 0.385. The van der Waals surface area contributed by atoms with E-state index in [4.69, 9.17) is 27.6 Å². The normalized spacial score (nSPS) is 11.6. The summed E-state index contributed by atoms with van der Waals surface area (Å²) < 4.78 is 5.83. The van der Waals surface area contributed by atoms with Crippen molar-refractivity contribution in [3.05, 3.63) is 33.5 Å². The maximum absolute atomic E-state index is 6.25. The lowest BCUT2D eigenvalue weighted by Gasteiger charge is -2.06. The first kappa shape index (κ1) is 12.7. The first-order valence-corrected chi connectivity index (χ1v) is 6.35. The van der Waals surface area contributed by atoms with E-state index in [2.05, 4.69) is 19.2 Å². The number of hydrogen-bond donors (Lipinski definition) is 1. The van der Waals surface area contributed by atoms with E-state index in [1.54, 1.807) is 6.07 Å². The van der Waals surface area contributed by atoms with Gasteiger partial charge < -0.3 is 9.73 Å². The molecule has 0 aliphatic rings. The van der Waals surface area contributed by atoms with E-state index in [9.17, 15) is 0 Å². The third-order valence-corrected chi connectivity index (χ3v) is 3.38. The molecule has 2 aromatic rings. The molecule has 1 aromatic heterocycles. The van der Waals surface area contributed by atoms with E-state index in [-0.39, 0.29) is 0 Å². The van der Waals surface area contributed by atoms with Crippen molar-refractivity contribution in [1.82, 2.24) is 5.32 Å². The van der Waals surface area contributed by atoms with Crippen molar-refractivity contribution in [2.45, 2.75) is 26.3 Å². The minimum absolute atomic E-state index is 0.343. The molecule has 17 heavy (non-hydrogen) atoms. The van der Waals surface area contributed by atoms with Crippen LogP contribution < -0.4 is 5.32 Å². The van der Waals surface area contributed by atoms with Crippen molar-refractivity contribution in [1.29, 1.82) is 0 Å². The van der Waals surface area contributed by atoms with Gasteiger partial charge in [0, 0.05) is 10.9 Å². The SMILES string of the molecule is CNCc1oc2c(Cl)ccc(Cl)c2c1C(C)C. The van der Waals surface area contributed by atoms with Gasteiger partial charge in [-0.3, -0.25) is 0 Å². The third kappa shape index (κ3) is 2.17. The Bertz CT molecular complexity index is 546. The van der Waals surface area contributed by atoms with Crippen LogP contribution in [0.5, 0.6) is 0 Å². The smallest absolute Gasteiger partial charge is 0.154 e. The summed E-state index contributed by atoms with van der Waals surface area (Å²) in [5, 5.41) is 5.34. The lowest BCUT2D eigenvalue weighted by atomic mass is 9.99. The van der Waals surface area contributed by atoms with Gasteiger partial charge in [-0.25, -0.2) is 0 Å².